The van der Waals surface area contributed by atoms with Crippen LogP contribution in [0.3, 0.4) is 0 Å². The molecule has 0 radical (unpaired) electrons. The molecule has 8 rings (SSSR count). The van der Waals surface area contributed by atoms with Crippen molar-refractivity contribution in [3.63, 3.8) is 0 Å². The molecular formula is C23H30N2O2. The number of carbonyl (C=O) groups excluding carboxylic acids is 1. The number of ketones is 1. The summed E-state index contributed by atoms with van der Waals surface area (Å²) in [6.07, 6.45) is 13.2. The van der Waals surface area contributed by atoms with Crippen LogP contribution in [-0.4, -0.2) is 27.0 Å². The van der Waals surface area contributed by atoms with E-state index in [0.717, 1.165) is 30.6 Å². The van der Waals surface area contributed by atoms with Gasteiger partial charge in [0.2, 0.25) is 0 Å². The number of hydrogen-bond donors (Lipinski definition) is 2. The summed E-state index contributed by atoms with van der Waals surface area (Å²) in [6, 6.07) is 0. The molecule has 0 amide bonds. The second-order valence-corrected chi connectivity index (χ2v) is 10.5. The Morgan fingerprint density at radius 3 is 2.30 bits per heavy atom. The molecule has 6 bridgehead atoms. The zero-order valence-electron chi connectivity index (χ0n) is 16.3. The lowest BCUT2D eigenvalue weighted by atomic mass is 9.51. The van der Waals surface area contributed by atoms with Crippen LogP contribution in [0.1, 0.15) is 104 Å². The standard InChI is InChI=1S/C23H30N2O2/c1-13(26)18-11-24-21(20-17-4-2-16(3-5-17)19(18)20)25-22-7-14-6-15(8-22)10-23(27,9-14)12-22/h11,14-17,27H,2-10,12H2,1H3,(H,24,25). The summed E-state index contributed by atoms with van der Waals surface area (Å²) in [7, 11) is 0. The van der Waals surface area contributed by atoms with Crippen molar-refractivity contribution in [2.75, 3.05) is 5.32 Å². The molecule has 144 valence electrons. The van der Waals surface area contributed by atoms with Crippen molar-refractivity contribution in [3.8, 4) is 0 Å². The number of aromatic nitrogens is 1. The summed E-state index contributed by atoms with van der Waals surface area (Å²) >= 11 is 0. The Balaban J connectivity index is 1.43. The van der Waals surface area contributed by atoms with Gasteiger partial charge in [-0.3, -0.25) is 4.79 Å². The summed E-state index contributed by atoms with van der Waals surface area (Å²) in [4.78, 5) is 17.1. The lowest BCUT2D eigenvalue weighted by Gasteiger charge is -2.60. The van der Waals surface area contributed by atoms with Crippen molar-refractivity contribution in [2.24, 2.45) is 11.8 Å². The van der Waals surface area contributed by atoms with Crippen molar-refractivity contribution >= 4 is 11.6 Å². The van der Waals surface area contributed by atoms with Gasteiger partial charge < -0.3 is 10.4 Å². The summed E-state index contributed by atoms with van der Waals surface area (Å²) in [5.41, 5.74) is 3.07. The first-order chi connectivity index (χ1) is 12.9. The van der Waals surface area contributed by atoms with Gasteiger partial charge in [-0.2, -0.15) is 0 Å². The number of nitrogens with zero attached hydrogens (tertiary/aromatic N) is 1. The Labute approximate surface area is 161 Å². The smallest absolute Gasteiger partial charge is 0.161 e. The van der Waals surface area contributed by atoms with Gasteiger partial charge in [-0.05, 0) is 100 Å². The Bertz CT molecular complexity index is 810. The minimum atomic E-state index is -0.463. The lowest BCUT2D eigenvalue weighted by Crippen LogP contribution is -2.62. The van der Waals surface area contributed by atoms with Crippen LogP contribution in [0.25, 0.3) is 0 Å². The summed E-state index contributed by atoms with van der Waals surface area (Å²) in [5, 5.41) is 15.0. The molecule has 2 atom stereocenters. The van der Waals surface area contributed by atoms with Crippen LogP contribution < -0.4 is 5.32 Å². The molecular weight excluding hydrogens is 336 g/mol. The van der Waals surface area contributed by atoms with E-state index in [-0.39, 0.29) is 11.3 Å². The second kappa shape index (κ2) is 5.34. The minimum Gasteiger partial charge on any atom is -0.390 e. The molecule has 27 heavy (non-hydrogen) atoms. The van der Waals surface area contributed by atoms with Crippen molar-refractivity contribution in [3.05, 3.63) is 22.9 Å². The molecule has 1 heterocycles. The number of carbonyl (C=O) groups is 1. The topological polar surface area (TPSA) is 62.2 Å². The normalized spacial score (nSPS) is 43.6. The minimum absolute atomic E-state index is 0.00797. The van der Waals surface area contributed by atoms with Crippen LogP contribution in [0.15, 0.2) is 6.20 Å². The fraction of sp³-hybridized carbons (Fsp3) is 0.739. The van der Waals surface area contributed by atoms with Crippen LogP contribution in [0.4, 0.5) is 5.82 Å². The average molecular weight is 367 g/mol. The van der Waals surface area contributed by atoms with Crippen molar-refractivity contribution < 1.29 is 9.90 Å². The van der Waals surface area contributed by atoms with E-state index in [0.29, 0.717) is 23.7 Å². The Kier molecular flexibility index (Phi) is 3.27. The second-order valence-electron chi connectivity index (χ2n) is 10.5. The van der Waals surface area contributed by atoms with Gasteiger partial charge in [0.25, 0.3) is 0 Å². The van der Waals surface area contributed by atoms with Gasteiger partial charge in [0.1, 0.15) is 5.82 Å². The zero-order valence-corrected chi connectivity index (χ0v) is 16.3. The Morgan fingerprint density at radius 2 is 1.70 bits per heavy atom. The number of rotatable bonds is 3. The molecule has 0 saturated heterocycles. The number of hydrogen-bond acceptors (Lipinski definition) is 4. The quantitative estimate of drug-likeness (QED) is 0.771. The van der Waals surface area contributed by atoms with Gasteiger partial charge in [-0.25, -0.2) is 4.98 Å². The third-order valence-electron chi connectivity index (χ3n) is 8.49. The maximum Gasteiger partial charge on any atom is 0.161 e. The molecule has 5 saturated carbocycles. The highest BCUT2D eigenvalue weighted by molar-refractivity contribution is 5.96. The fourth-order valence-corrected chi connectivity index (χ4v) is 8.06. The first-order valence-electron chi connectivity index (χ1n) is 11.0. The molecule has 0 aliphatic heterocycles. The predicted molar refractivity (Wildman–Crippen MR) is 104 cm³/mol. The molecule has 1 aromatic rings. The third-order valence-corrected chi connectivity index (χ3v) is 8.49. The zero-order chi connectivity index (χ0) is 18.4. The van der Waals surface area contributed by atoms with E-state index in [4.69, 9.17) is 4.98 Å². The first kappa shape index (κ1) is 16.5. The highest BCUT2D eigenvalue weighted by atomic mass is 16.3. The van der Waals surface area contributed by atoms with Crippen LogP contribution in [0.5, 0.6) is 0 Å². The van der Waals surface area contributed by atoms with E-state index in [1.165, 1.54) is 56.1 Å². The first-order valence-corrected chi connectivity index (χ1v) is 11.0. The van der Waals surface area contributed by atoms with E-state index in [1.807, 2.05) is 6.20 Å². The summed E-state index contributed by atoms with van der Waals surface area (Å²) in [5.74, 6) is 3.60. The molecule has 7 aliphatic rings. The van der Waals surface area contributed by atoms with Gasteiger partial charge in [-0.1, -0.05) is 0 Å². The van der Waals surface area contributed by atoms with Gasteiger partial charge in [-0.15, -0.1) is 0 Å². The average Bonchev–Trinajstić information content (AvgIpc) is 2.60. The van der Waals surface area contributed by atoms with Gasteiger partial charge in [0.05, 0.1) is 5.60 Å². The van der Waals surface area contributed by atoms with Crippen molar-refractivity contribution in [1.82, 2.24) is 4.98 Å². The largest absolute Gasteiger partial charge is 0.390 e. The number of fused-ring (bicyclic) bond motifs is 2. The van der Waals surface area contributed by atoms with E-state index < -0.39 is 5.60 Å². The summed E-state index contributed by atoms with van der Waals surface area (Å²) < 4.78 is 0. The van der Waals surface area contributed by atoms with E-state index in [2.05, 4.69) is 5.32 Å². The van der Waals surface area contributed by atoms with Crippen LogP contribution in [0.2, 0.25) is 0 Å². The molecule has 4 heteroatoms. The number of anilines is 1. The maximum absolute atomic E-state index is 12.3. The number of pyridine rings is 1. The molecule has 0 aromatic carbocycles. The highest BCUT2D eigenvalue weighted by Crippen LogP contribution is 2.59. The molecule has 7 aliphatic carbocycles. The molecule has 2 N–H and O–H groups in total. The monoisotopic (exact) mass is 366 g/mol. The number of nitrogens with one attached hydrogen (secondary N) is 1. The highest BCUT2D eigenvalue weighted by Gasteiger charge is 2.57. The Morgan fingerprint density at radius 1 is 1.07 bits per heavy atom. The molecule has 4 nitrogen and oxygen atoms in total. The summed E-state index contributed by atoms with van der Waals surface area (Å²) in [6.45, 7) is 1.68. The lowest BCUT2D eigenvalue weighted by molar-refractivity contribution is -0.127. The van der Waals surface area contributed by atoms with Crippen LogP contribution in [-0.2, 0) is 0 Å². The van der Waals surface area contributed by atoms with Gasteiger partial charge >= 0.3 is 0 Å². The molecule has 5 fully saturated rings. The van der Waals surface area contributed by atoms with Crippen molar-refractivity contribution in [1.29, 1.82) is 0 Å². The van der Waals surface area contributed by atoms with E-state index in [1.54, 1.807) is 6.92 Å². The third kappa shape index (κ3) is 2.38. The van der Waals surface area contributed by atoms with Gasteiger partial charge in [0.15, 0.2) is 5.78 Å². The number of aliphatic hydroxyl groups is 1. The molecule has 0 spiro atoms. The fourth-order valence-electron chi connectivity index (χ4n) is 8.06. The van der Waals surface area contributed by atoms with Crippen LogP contribution in [0, 0.1) is 11.8 Å². The van der Waals surface area contributed by atoms with Crippen molar-refractivity contribution in [2.45, 2.75) is 94.1 Å². The van der Waals surface area contributed by atoms with Gasteiger partial charge in [0, 0.05) is 22.9 Å². The van der Waals surface area contributed by atoms with E-state index >= 15 is 0 Å². The number of Topliss-reactive ketones (excluding diaryl/α,β-unsaturated/α-hetero) is 1. The maximum atomic E-state index is 12.3. The SMILES string of the molecule is CC(=O)c1cnc(NC23CC4CC(CC(O)(C4)C2)C3)c2c1C1CCC2CC1. The van der Waals surface area contributed by atoms with Crippen LogP contribution >= 0.6 is 0 Å². The van der Waals surface area contributed by atoms with E-state index in [9.17, 15) is 9.90 Å². The molecule has 1 aromatic heterocycles. The predicted octanol–water partition coefficient (Wildman–Crippen LogP) is 4.53. The molecule has 2 unspecified atom stereocenters. The Hall–Kier alpha value is -1.42.